The van der Waals surface area contributed by atoms with Crippen LogP contribution in [0.4, 0.5) is 16.3 Å². The minimum atomic E-state index is -0.239. The van der Waals surface area contributed by atoms with Gasteiger partial charge in [-0.05, 0) is 50.6 Å². The number of para-hydroxylation sites is 1. The highest BCUT2D eigenvalue weighted by Crippen LogP contribution is 2.12. The molecule has 0 spiro atoms. The molecule has 8 nitrogen and oxygen atoms in total. The topological polar surface area (TPSA) is 96.8 Å². The van der Waals surface area contributed by atoms with Gasteiger partial charge in [0.05, 0.1) is 5.69 Å². The van der Waals surface area contributed by atoms with Crippen LogP contribution in [0.2, 0.25) is 0 Å². The highest BCUT2D eigenvalue weighted by Gasteiger charge is 2.06. The first kappa shape index (κ1) is 18.4. The molecule has 0 saturated carbocycles. The minimum Gasteiger partial charge on any atom is -0.367 e. The Morgan fingerprint density at radius 3 is 2.52 bits per heavy atom. The van der Waals surface area contributed by atoms with Crippen LogP contribution in [0.1, 0.15) is 17.0 Å². The minimum absolute atomic E-state index is 0.239. The monoisotopic (exact) mass is 365 g/mol. The molecular formula is C19H23N7O. The Balaban J connectivity index is 1.45. The maximum Gasteiger partial charge on any atom is 0.319 e. The molecule has 27 heavy (non-hydrogen) atoms. The number of anilines is 2. The van der Waals surface area contributed by atoms with E-state index >= 15 is 0 Å². The van der Waals surface area contributed by atoms with Crippen LogP contribution in [0.3, 0.4) is 0 Å². The molecule has 0 atom stereocenters. The first-order valence-corrected chi connectivity index (χ1v) is 8.74. The standard InChI is InChI=1S/C19H23N7O/c1-13-6-4-5-7-16(13)22-19(27)21-11-10-20-17-8-9-18(24-23-17)26-15(3)12-14(2)25-26/h4-9,12H,10-11H2,1-3H3,(H,20,23)(H2,21,22,27). The third-order valence-electron chi connectivity index (χ3n) is 3.99. The van der Waals surface area contributed by atoms with Crippen molar-refractivity contribution in [2.45, 2.75) is 20.8 Å². The number of nitrogens with zero attached hydrogens (tertiary/aromatic N) is 4. The second kappa shape index (κ2) is 8.31. The SMILES string of the molecule is Cc1cc(C)n(-c2ccc(NCCNC(=O)Nc3ccccc3C)nn2)n1. The van der Waals surface area contributed by atoms with E-state index in [0.29, 0.717) is 24.7 Å². The number of carbonyl (C=O) groups is 1. The summed E-state index contributed by atoms with van der Waals surface area (Å²) >= 11 is 0. The van der Waals surface area contributed by atoms with Gasteiger partial charge >= 0.3 is 6.03 Å². The summed E-state index contributed by atoms with van der Waals surface area (Å²) < 4.78 is 1.75. The summed E-state index contributed by atoms with van der Waals surface area (Å²) in [5.41, 5.74) is 3.76. The first-order valence-electron chi connectivity index (χ1n) is 8.74. The molecule has 0 unspecified atom stereocenters. The molecule has 1 aromatic carbocycles. The summed E-state index contributed by atoms with van der Waals surface area (Å²) in [4.78, 5) is 11.9. The summed E-state index contributed by atoms with van der Waals surface area (Å²) in [5, 5.41) is 21.5. The molecule has 0 bridgehead atoms. The van der Waals surface area contributed by atoms with E-state index in [-0.39, 0.29) is 6.03 Å². The molecule has 2 heterocycles. The zero-order valence-electron chi connectivity index (χ0n) is 15.7. The molecule has 0 aliphatic rings. The number of hydrogen-bond donors (Lipinski definition) is 3. The van der Waals surface area contributed by atoms with Gasteiger partial charge in [-0.15, -0.1) is 10.2 Å². The van der Waals surface area contributed by atoms with Crippen molar-refractivity contribution in [3.8, 4) is 5.82 Å². The molecule has 3 N–H and O–H groups in total. The summed E-state index contributed by atoms with van der Waals surface area (Å²) in [6.45, 7) is 6.86. The van der Waals surface area contributed by atoms with E-state index in [9.17, 15) is 4.79 Å². The average Bonchev–Trinajstić information content (AvgIpc) is 2.99. The Morgan fingerprint density at radius 2 is 1.85 bits per heavy atom. The Kier molecular flexibility index (Phi) is 5.65. The molecule has 8 heteroatoms. The smallest absolute Gasteiger partial charge is 0.319 e. The van der Waals surface area contributed by atoms with E-state index in [2.05, 4.69) is 31.2 Å². The number of rotatable bonds is 6. The molecule has 2 aromatic heterocycles. The van der Waals surface area contributed by atoms with Gasteiger partial charge in [0.2, 0.25) is 0 Å². The number of carbonyl (C=O) groups excluding carboxylic acids is 1. The number of benzene rings is 1. The summed E-state index contributed by atoms with van der Waals surface area (Å²) in [7, 11) is 0. The fourth-order valence-electron chi connectivity index (χ4n) is 2.64. The van der Waals surface area contributed by atoms with Crippen molar-refractivity contribution in [1.82, 2.24) is 25.3 Å². The van der Waals surface area contributed by atoms with Crippen molar-refractivity contribution in [3.05, 3.63) is 59.4 Å². The first-order chi connectivity index (χ1) is 13.0. The van der Waals surface area contributed by atoms with Crippen molar-refractivity contribution < 1.29 is 4.79 Å². The van der Waals surface area contributed by atoms with Crippen LogP contribution in [0, 0.1) is 20.8 Å². The molecule has 0 aliphatic carbocycles. The van der Waals surface area contributed by atoms with Crippen molar-refractivity contribution >= 4 is 17.5 Å². The van der Waals surface area contributed by atoms with Crippen molar-refractivity contribution in [2.75, 3.05) is 23.7 Å². The van der Waals surface area contributed by atoms with Gasteiger partial charge in [0.25, 0.3) is 0 Å². The van der Waals surface area contributed by atoms with Gasteiger partial charge in [-0.1, -0.05) is 18.2 Å². The van der Waals surface area contributed by atoms with Crippen LogP contribution in [0.25, 0.3) is 5.82 Å². The Morgan fingerprint density at radius 1 is 1.04 bits per heavy atom. The highest BCUT2D eigenvalue weighted by atomic mass is 16.2. The van der Waals surface area contributed by atoms with Crippen LogP contribution >= 0.6 is 0 Å². The highest BCUT2D eigenvalue weighted by molar-refractivity contribution is 5.90. The Bertz CT molecular complexity index is 918. The van der Waals surface area contributed by atoms with Crippen LogP contribution in [-0.2, 0) is 0 Å². The summed E-state index contributed by atoms with van der Waals surface area (Å²) in [5.74, 6) is 1.31. The molecular weight excluding hydrogens is 342 g/mol. The van der Waals surface area contributed by atoms with Gasteiger partial charge in [0, 0.05) is 24.5 Å². The Labute approximate surface area is 158 Å². The summed E-state index contributed by atoms with van der Waals surface area (Å²) in [6, 6.07) is 13.1. The molecule has 3 aromatic rings. The summed E-state index contributed by atoms with van der Waals surface area (Å²) in [6.07, 6.45) is 0. The predicted molar refractivity (Wildman–Crippen MR) is 105 cm³/mol. The number of aryl methyl sites for hydroxylation is 3. The van der Waals surface area contributed by atoms with Gasteiger partial charge < -0.3 is 16.0 Å². The lowest BCUT2D eigenvalue weighted by Crippen LogP contribution is -2.32. The van der Waals surface area contributed by atoms with Gasteiger partial charge in [-0.2, -0.15) is 5.10 Å². The number of urea groups is 1. The zero-order chi connectivity index (χ0) is 19.2. The fourth-order valence-corrected chi connectivity index (χ4v) is 2.64. The lowest BCUT2D eigenvalue weighted by Gasteiger charge is -2.10. The number of hydrogen-bond acceptors (Lipinski definition) is 5. The van der Waals surface area contributed by atoms with E-state index in [1.54, 1.807) is 4.68 Å². The molecule has 0 fully saturated rings. The van der Waals surface area contributed by atoms with E-state index < -0.39 is 0 Å². The van der Waals surface area contributed by atoms with E-state index in [0.717, 1.165) is 22.6 Å². The molecule has 2 amide bonds. The van der Waals surface area contributed by atoms with E-state index in [4.69, 9.17) is 0 Å². The third kappa shape index (κ3) is 4.81. The molecule has 0 saturated heterocycles. The molecule has 0 aliphatic heterocycles. The third-order valence-corrected chi connectivity index (χ3v) is 3.99. The fraction of sp³-hybridized carbons (Fsp3) is 0.263. The second-order valence-corrected chi connectivity index (χ2v) is 6.24. The Hall–Kier alpha value is -3.42. The average molecular weight is 365 g/mol. The van der Waals surface area contributed by atoms with Crippen molar-refractivity contribution in [3.63, 3.8) is 0 Å². The lowest BCUT2D eigenvalue weighted by atomic mass is 10.2. The number of aromatic nitrogens is 4. The lowest BCUT2D eigenvalue weighted by molar-refractivity contribution is 0.252. The second-order valence-electron chi connectivity index (χ2n) is 6.24. The van der Waals surface area contributed by atoms with Crippen molar-refractivity contribution in [1.29, 1.82) is 0 Å². The van der Waals surface area contributed by atoms with Crippen LogP contribution in [0.15, 0.2) is 42.5 Å². The van der Waals surface area contributed by atoms with Gasteiger partial charge in [0.15, 0.2) is 5.82 Å². The maximum atomic E-state index is 11.9. The van der Waals surface area contributed by atoms with E-state index in [1.165, 1.54) is 0 Å². The van der Waals surface area contributed by atoms with Crippen molar-refractivity contribution in [2.24, 2.45) is 0 Å². The van der Waals surface area contributed by atoms with E-state index in [1.807, 2.05) is 63.2 Å². The quantitative estimate of drug-likeness (QED) is 0.584. The molecule has 0 radical (unpaired) electrons. The van der Waals surface area contributed by atoms with Crippen LogP contribution in [-0.4, -0.2) is 39.1 Å². The number of nitrogens with one attached hydrogen (secondary N) is 3. The molecule has 140 valence electrons. The van der Waals surface area contributed by atoms with Gasteiger partial charge in [-0.3, -0.25) is 0 Å². The van der Waals surface area contributed by atoms with Crippen LogP contribution < -0.4 is 16.0 Å². The largest absolute Gasteiger partial charge is 0.367 e. The van der Waals surface area contributed by atoms with Crippen LogP contribution in [0.5, 0.6) is 0 Å². The maximum absolute atomic E-state index is 11.9. The normalized spacial score (nSPS) is 10.5. The number of amides is 2. The zero-order valence-corrected chi connectivity index (χ0v) is 15.7. The van der Waals surface area contributed by atoms with Gasteiger partial charge in [-0.25, -0.2) is 9.48 Å². The molecule has 3 rings (SSSR count). The van der Waals surface area contributed by atoms with Gasteiger partial charge in [0.1, 0.15) is 5.82 Å². The predicted octanol–water partition coefficient (Wildman–Crippen LogP) is 2.82.